The molecule has 3 heterocycles. The topological polar surface area (TPSA) is 88.0 Å². The first-order chi connectivity index (χ1) is 14.6. The molecule has 3 N–H and O–H groups in total. The van der Waals surface area contributed by atoms with E-state index in [1.165, 1.54) is 6.07 Å². The molecule has 30 heavy (non-hydrogen) atoms. The second kappa shape index (κ2) is 6.17. The quantitative estimate of drug-likeness (QED) is 0.514. The van der Waals surface area contributed by atoms with Gasteiger partial charge in [0.2, 0.25) is 0 Å². The molecule has 0 aliphatic carbocycles. The van der Waals surface area contributed by atoms with Crippen molar-refractivity contribution >= 4 is 17.7 Å². The fourth-order valence-corrected chi connectivity index (χ4v) is 5.70. The molecular formula is C23H17NO5S. The number of ether oxygens (including phenoxy) is 2. The molecule has 1 fully saturated rings. The number of aromatic hydroxyl groups is 2. The maximum Gasteiger partial charge on any atom is 0.340 e. The number of benzene rings is 3. The van der Waals surface area contributed by atoms with Gasteiger partial charge in [-0.25, -0.2) is 4.79 Å². The van der Waals surface area contributed by atoms with E-state index in [4.69, 9.17) is 9.47 Å². The van der Waals surface area contributed by atoms with E-state index in [0.29, 0.717) is 33.8 Å². The fraction of sp³-hybridized carbons (Fsp3) is 0.174. The molecule has 0 aromatic heterocycles. The average Bonchev–Trinajstić information content (AvgIpc) is 3.36. The minimum Gasteiger partial charge on any atom is -0.508 e. The molecule has 0 bridgehead atoms. The number of fused-ring (bicyclic) bond motifs is 6. The Morgan fingerprint density at radius 1 is 1.03 bits per heavy atom. The highest BCUT2D eigenvalue weighted by atomic mass is 32.2. The number of hydrogen-bond donors (Lipinski definition) is 3. The lowest BCUT2D eigenvalue weighted by atomic mass is 9.77. The summed E-state index contributed by atoms with van der Waals surface area (Å²) in [4.78, 5) is 12.9. The van der Waals surface area contributed by atoms with Crippen LogP contribution in [0.25, 0.3) is 0 Å². The highest BCUT2D eigenvalue weighted by Crippen LogP contribution is 2.59. The van der Waals surface area contributed by atoms with Gasteiger partial charge in [-0.15, -0.1) is 11.8 Å². The molecule has 2 atom stereocenters. The minimum atomic E-state index is -1.21. The third kappa shape index (κ3) is 2.21. The van der Waals surface area contributed by atoms with Gasteiger partial charge in [0.25, 0.3) is 0 Å². The summed E-state index contributed by atoms with van der Waals surface area (Å²) in [6.07, 6.45) is 0. The summed E-state index contributed by atoms with van der Waals surface area (Å²) in [5.74, 6) is 1.48. The zero-order chi connectivity index (χ0) is 20.5. The standard InChI is InChI=1S/C23H17NO5S/c25-12-5-6-15-18(11-12)28-20-16(7-8-17(26)19(20)21-24-9-10-30-21)23(15)14-4-2-1-3-13(14)22(27)29-23/h1-8,11,21,24-26H,9-10H2. The van der Waals surface area contributed by atoms with Crippen LogP contribution < -0.4 is 10.1 Å². The molecule has 0 saturated carbocycles. The van der Waals surface area contributed by atoms with Crippen molar-refractivity contribution in [2.24, 2.45) is 0 Å². The molecule has 0 radical (unpaired) electrons. The lowest BCUT2D eigenvalue weighted by molar-refractivity contribution is 0.0223. The Balaban J connectivity index is 1.71. The third-order valence-corrected chi connectivity index (χ3v) is 7.03. The fourth-order valence-electron chi connectivity index (χ4n) is 4.60. The smallest absolute Gasteiger partial charge is 0.340 e. The molecular weight excluding hydrogens is 402 g/mol. The first kappa shape index (κ1) is 17.7. The Labute approximate surface area is 176 Å². The number of esters is 1. The van der Waals surface area contributed by atoms with Gasteiger partial charge in [0, 0.05) is 35.1 Å². The van der Waals surface area contributed by atoms with Crippen molar-refractivity contribution in [3.05, 3.63) is 82.4 Å². The van der Waals surface area contributed by atoms with Crippen LogP contribution in [-0.4, -0.2) is 28.5 Å². The minimum absolute atomic E-state index is 0.0417. The highest BCUT2D eigenvalue weighted by Gasteiger charge is 2.54. The van der Waals surface area contributed by atoms with Gasteiger partial charge in [0.15, 0.2) is 5.60 Å². The van der Waals surface area contributed by atoms with Crippen LogP contribution in [0.4, 0.5) is 0 Å². The number of rotatable bonds is 1. The van der Waals surface area contributed by atoms with E-state index in [0.717, 1.165) is 17.9 Å². The Hall–Kier alpha value is -3.16. The second-order valence-corrected chi connectivity index (χ2v) is 8.69. The molecule has 3 aliphatic heterocycles. The van der Waals surface area contributed by atoms with E-state index in [1.807, 2.05) is 12.1 Å². The summed E-state index contributed by atoms with van der Waals surface area (Å²) in [5.41, 5.74) is 1.90. The van der Waals surface area contributed by atoms with E-state index in [-0.39, 0.29) is 16.9 Å². The summed E-state index contributed by atoms with van der Waals surface area (Å²) in [6.45, 7) is 0.818. The van der Waals surface area contributed by atoms with Crippen LogP contribution in [0.1, 0.15) is 38.0 Å². The summed E-state index contributed by atoms with van der Waals surface area (Å²) in [5, 5.41) is 24.0. The van der Waals surface area contributed by atoms with Crippen molar-refractivity contribution in [3.63, 3.8) is 0 Å². The number of hydrogen-bond acceptors (Lipinski definition) is 7. The number of carbonyl (C=O) groups excluding carboxylic acids is 1. The van der Waals surface area contributed by atoms with E-state index in [1.54, 1.807) is 48.2 Å². The van der Waals surface area contributed by atoms with Gasteiger partial charge >= 0.3 is 5.97 Å². The number of phenols is 2. The molecule has 6 rings (SSSR count). The zero-order valence-electron chi connectivity index (χ0n) is 15.7. The number of phenolic OH excluding ortho intramolecular Hbond substituents is 2. The normalized spacial score (nSPS) is 23.5. The van der Waals surface area contributed by atoms with Crippen molar-refractivity contribution in [2.75, 3.05) is 12.3 Å². The number of thioether (sulfide) groups is 1. The molecule has 2 unspecified atom stereocenters. The molecule has 6 nitrogen and oxygen atoms in total. The Kier molecular flexibility index (Phi) is 3.63. The van der Waals surface area contributed by atoms with Crippen molar-refractivity contribution < 1.29 is 24.5 Å². The number of nitrogens with one attached hydrogen (secondary N) is 1. The van der Waals surface area contributed by atoms with Crippen molar-refractivity contribution in [2.45, 2.75) is 11.0 Å². The summed E-state index contributed by atoms with van der Waals surface area (Å²) in [7, 11) is 0. The zero-order valence-corrected chi connectivity index (χ0v) is 16.5. The highest BCUT2D eigenvalue weighted by molar-refractivity contribution is 7.99. The van der Waals surface area contributed by atoms with Gasteiger partial charge in [-0.3, -0.25) is 0 Å². The maximum absolute atomic E-state index is 12.9. The lowest BCUT2D eigenvalue weighted by Crippen LogP contribution is -2.33. The van der Waals surface area contributed by atoms with Crippen LogP contribution in [0.5, 0.6) is 23.0 Å². The summed E-state index contributed by atoms with van der Waals surface area (Å²) >= 11 is 1.68. The average molecular weight is 419 g/mol. The predicted molar refractivity (Wildman–Crippen MR) is 111 cm³/mol. The second-order valence-electron chi connectivity index (χ2n) is 7.48. The van der Waals surface area contributed by atoms with Crippen LogP contribution in [-0.2, 0) is 10.3 Å². The SMILES string of the molecule is O=C1OC2(c3ccc(O)cc3Oc3c2ccc(O)c3C2NCCS2)c2ccccc21. The van der Waals surface area contributed by atoms with E-state index < -0.39 is 11.6 Å². The summed E-state index contributed by atoms with van der Waals surface area (Å²) < 4.78 is 12.4. The maximum atomic E-state index is 12.9. The Bertz CT molecular complexity index is 1220. The molecule has 7 heteroatoms. The molecule has 3 aliphatic rings. The third-order valence-electron chi connectivity index (χ3n) is 5.86. The first-order valence-corrected chi connectivity index (χ1v) is 10.7. The van der Waals surface area contributed by atoms with E-state index in [9.17, 15) is 15.0 Å². The van der Waals surface area contributed by atoms with Crippen molar-refractivity contribution in [1.29, 1.82) is 0 Å². The van der Waals surface area contributed by atoms with Crippen LogP contribution in [0, 0.1) is 0 Å². The van der Waals surface area contributed by atoms with Gasteiger partial charge in [0.05, 0.1) is 16.5 Å². The molecule has 0 amide bonds. The molecule has 1 saturated heterocycles. The number of carbonyl (C=O) groups is 1. The lowest BCUT2D eigenvalue weighted by Gasteiger charge is -2.38. The predicted octanol–water partition coefficient (Wildman–Crippen LogP) is 4.00. The van der Waals surface area contributed by atoms with Crippen LogP contribution >= 0.6 is 11.8 Å². The van der Waals surface area contributed by atoms with Gasteiger partial charge in [-0.05, 0) is 30.3 Å². The van der Waals surface area contributed by atoms with Crippen molar-refractivity contribution in [1.82, 2.24) is 5.32 Å². The first-order valence-electron chi connectivity index (χ1n) is 9.65. The molecule has 3 aromatic carbocycles. The summed E-state index contributed by atoms with van der Waals surface area (Å²) in [6, 6.07) is 15.5. The molecule has 3 aromatic rings. The van der Waals surface area contributed by atoms with Gasteiger partial charge in [0.1, 0.15) is 23.0 Å². The van der Waals surface area contributed by atoms with Gasteiger partial charge < -0.3 is 25.0 Å². The molecule has 150 valence electrons. The van der Waals surface area contributed by atoms with Crippen LogP contribution in [0.2, 0.25) is 0 Å². The van der Waals surface area contributed by atoms with E-state index in [2.05, 4.69) is 5.32 Å². The monoisotopic (exact) mass is 419 g/mol. The Morgan fingerprint density at radius 2 is 1.87 bits per heavy atom. The van der Waals surface area contributed by atoms with Crippen molar-refractivity contribution in [3.8, 4) is 23.0 Å². The largest absolute Gasteiger partial charge is 0.508 e. The molecule has 1 spiro atoms. The Morgan fingerprint density at radius 3 is 2.70 bits per heavy atom. The van der Waals surface area contributed by atoms with Crippen LogP contribution in [0.3, 0.4) is 0 Å². The van der Waals surface area contributed by atoms with Crippen LogP contribution in [0.15, 0.2) is 54.6 Å². The van der Waals surface area contributed by atoms with Gasteiger partial charge in [-0.1, -0.05) is 18.2 Å². The van der Waals surface area contributed by atoms with Gasteiger partial charge in [-0.2, -0.15) is 0 Å². The van der Waals surface area contributed by atoms with E-state index >= 15 is 0 Å².